The molecule has 0 spiro atoms. The molecule has 0 aliphatic carbocycles. The van der Waals surface area contributed by atoms with Crippen molar-refractivity contribution in [3.05, 3.63) is 71.6 Å². The third-order valence-corrected chi connectivity index (χ3v) is 5.74. The minimum absolute atomic E-state index is 0.0229. The molecule has 0 bridgehead atoms. The molecule has 41 heavy (non-hydrogen) atoms. The molecule has 220 valence electrons. The fourth-order valence-electron chi connectivity index (χ4n) is 3.86. The van der Waals surface area contributed by atoms with E-state index in [2.05, 4.69) is 10.3 Å². The minimum atomic E-state index is -1.03. The van der Waals surface area contributed by atoms with Gasteiger partial charge in [0.2, 0.25) is 5.89 Å². The van der Waals surface area contributed by atoms with Gasteiger partial charge in [0.05, 0.1) is 12.3 Å². The number of amides is 1. The summed E-state index contributed by atoms with van der Waals surface area (Å²) < 4.78 is 22.4. The molecular weight excluding hydrogens is 524 g/mol. The SMILES string of the molecule is Cc1oc(-c2ccccc2)nc1CCOc1ccc(C(=O)CC[C@@H](NC(=O)OC(C)(C)C)C(=O)OC(C)(C)C)cc1. The molecule has 1 N–H and O–H groups in total. The van der Waals surface area contributed by atoms with E-state index in [1.54, 1.807) is 65.8 Å². The Bertz CT molecular complexity index is 1320. The van der Waals surface area contributed by atoms with Crippen LogP contribution >= 0.6 is 0 Å². The molecule has 1 heterocycles. The minimum Gasteiger partial charge on any atom is -0.493 e. The second kappa shape index (κ2) is 13.5. The van der Waals surface area contributed by atoms with Crippen LogP contribution in [-0.4, -0.2) is 46.7 Å². The van der Waals surface area contributed by atoms with Crippen molar-refractivity contribution in [1.29, 1.82) is 0 Å². The molecule has 0 aliphatic heterocycles. The summed E-state index contributed by atoms with van der Waals surface area (Å²) in [6, 6.07) is 15.5. The van der Waals surface area contributed by atoms with E-state index in [1.807, 2.05) is 37.3 Å². The van der Waals surface area contributed by atoms with Gasteiger partial charge in [0.15, 0.2) is 5.78 Å². The molecule has 0 saturated heterocycles. The standard InChI is InChI=1S/C32H40N2O7/c1-21-25(33-28(39-21)23-11-9-8-10-12-23)19-20-38-24-15-13-22(14-16-24)27(35)18-17-26(29(36)40-31(2,3)4)34-30(37)41-32(5,6)7/h8-16,26H,17-20H2,1-7H3,(H,34,37)/t26-/m1/s1. The average molecular weight is 565 g/mol. The first-order valence-electron chi connectivity index (χ1n) is 13.7. The van der Waals surface area contributed by atoms with Crippen LogP contribution in [0.25, 0.3) is 11.5 Å². The molecule has 1 atom stereocenters. The number of oxazole rings is 1. The number of carbonyl (C=O) groups excluding carboxylic acids is 3. The number of hydrogen-bond donors (Lipinski definition) is 1. The maximum atomic E-state index is 12.9. The third kappa shape index (κ3) is 10.4. The number of rotatable bonds is 11. The Labute approximate surface area is 241 Å². The number of carbonyl (C=O) groups is 3. The van der Waals surface area contributed by atoms with Gasteiger partial charge in [-0.05, 0) is 91.3 Å². The number of Topliss-reactive ketones (excluding diaryl/α,β-unsaturated/α-hetero) is 1. The van der Waals surface area contributed by atoms with Gasteiger partial charge in [0.1, 0.15) is 28.8 Å². The number of alkyl carbamates (subject to hydrolysis) is 1. The number of ketones is 1. The summed E-state index contributed by atoms with van der Waals surface area (Å²) in [5.41, 5.74) is 0.733. The number of aryl methyl sites for hydroxylation is 1. The zero-order chi connectivity index (χ0) is 30.2. The molecule has 1 aromatic heterocycles. The lowest BCUT2D eigenvalue weighted by Crippen LogP contribution is -2.46. The van der Waals surface area contributed by atoms with Crippen molar-refractivity contribution in [3.63, 3.8) is 0 Å². The van der Waals surface area contributed by atoms with E-state index in [1.165, 1.54) is 0 Å². The predicted octanol–water partition coefficient (Wildman–Crippen LogP) is 6.47. The van der Waals surface area contributed by atoms with E-state index < -0.39 is 29.3 Å². The third-order valence-electron chi connectivity index (χ3n) is 5.74. The lowest BCUT2D eigenvalue weighted by Gasteiger charge is -2.26. The summed E-state index contributed by atoms with van der Waals surface area (Å²) in [7, 11) is 0. The maximum absolute atomic E-state index is 12.9. The van der Waals surface area contributed by atoms with Crippen LogP contribution in [0.5, 0.6) is 5.75 Å². The second-order valence-corrected chi connectivity index (χ2v) is 11.7. The number of hydrogen-bond acceptors (Lipinski definition) is 8. The van der Waals surface area contributed by atoms with E-state index in [4.69, 9.17) is 18.6 Å². The van der Waals surface area contributed by atoms with Crippen LogP contribution in [0.4, 0.5) is 4.79 Å². The van der Waals surface area contributed by atoms with Crippen LogP contribution in [0.2, 0.25) is 0 Å². The predicted molar refractivity (Wildman–Crippen MR) is 155 cm³/mol. The zero-order valence-electron chi connectivity index (χ0n) is 24.9. The number of ether oxygens (including phenoxy) is 3. The van der Waals surface area contributed by atoms with Gasteiger partial charge >= 0.3 is 12.1 Å². The molecule has 9 nitrogen and oxygen atoms in total. The van der Waals surface area contributed by atoms with E-state index >= 15 is 0 Å². The first-order chi connectivity index (χ1) is 19.2. The van der Waals surface area contributed by atoms with Crippen LogP contribution in [-0.2, 0) is 20.7 Å². The molecule has 0 radical (unpaired) electrons. The Balaban J connectivity index is 1.54. The van der Waals surface area contributed by atoms with Crippen molar-refractivity contribution < 1.29 is 33.0 Å². The Morgan fingerprint density at radius 3 is 2.15 bits per heavy atom. The van der Waals surface area contributed by atoms with Crippen molar-refractivity contribution in [2.75, 3.05) is 6.61 Å². The normalized spacial score (nSPS) is 12.4. The molecule has 0 saturated carbocycles. The van der Waals surface area contributed by atoms with E-state index in [0.717, 1.165) is 17.0 Å². The summed E-state index contributed by atoms with van der Waals surface area (Å²) in [5.74, 6) is 1.14. The van der Waals surface area contributed by atoms with Crippen LogP contribution in [0.1, 0.15) is 76.2 Å². The van der Waals surface area contributed by atoms with Gasteiger partial charge in [-0.1, -0.05) is 18.2 Å². The summed E-state index contributed by atoms with van der Waals surface area (Å²) in [6.07, 6.45) is -0.0959. The molecule has 3 aromatic rings. The monoisotopic (exact) mass is 564 g/mol. The highest BCUT2D eigenvalue weighted by Gasteiger charge is 2.29. The van der Waals surface area contributed by atoms with Crippen LogP contribution < -0.4 is 10.1 Å². The van der Waals surface area contributed by atoms with Gasteiger partial charge in [-0.15, -0.1) is 0 Å². The van der Waals surface area contributed by atoms with Gasteiger partial charge in [-0.3, -0.25) is 4.79 Å². The Kier molecular flexibility index (Phi) is 10.3. The number of nitrogens with one attached hydrogen (secondary N) is 1. The smallest absolute Gasteiger partial charge is 0.408 e. The maximum Gasteiger partial charge on any atom is 0.408 e. The number of benzene rings is 2. The molecule has 3 rings (SSSR count). The molecule has 1 amide bonds. The largest absolute Gasteiger partial charge is 0.493 e. The van der Waals surface area contributed by atoms with E-state index in [0.29, 0.717) is 30.2 Å². The lowest BCUT2D eigenvalue weighted by molar-refractivity contribution is -0.157. The highest BCUT2D eigenvalue weighted by Crippen LogP contribution is 2.22. The Hall–Kier alpha value is -4.14. The summed E-state index contributed by atoms with van der Waals surface area (Å²) in [4.78, 5) is 42.5. The summed E-state index contributed by atoms with van der Waals surface area (Å²) in [6.45, 7) is 12.7. The average Bonchev–Trinajstić information content (AvgIpc) is 3.25. The van der Waals surface area contributed by atoms with Crippen LogP contribution in [0.3, 0.4) is 0 Å². The number of aromatic nitrogens is 1. The second-order valence-electron chi connectivity index (χ2n) is 11.7. The van der Waals surface area contributed by atoms with E-state index in [-0.39, 0.29) is 18.6 Å². The molecule has 0 fully saturated rings. The highest BCUT2D eigenvalue weighted by molar-refractivity contribution is 5.96. The van der Waals surface area contributed by atoms with Crippen molar-refractivity contribution >= 4 is 17.8 Å². The van der Waals surface area contributed by atoms with Gasteiger partial charge in [0.25, 0.3) is 0 Å². The molecule has 0 unspecified atom stereocenters. The zero-order valence-corrected chi connectivity index (χ0v) is 24.9. The fraction of sp³-hybridized carbons (Fsp3) is 0.438. The Morgan fingerprint density at radius 2 is 1.54 bits per heavy atom. The van der Waals surface area contributed by atoms with Crippen molar-refractivity contribution in [1.82, 2.24) is 10.3 Å². The van der Waals surface area contributed by atoms with E-state index in [9.17, 15) is 14.4 Å². The molecule has 0 aliphatic rings. The van der Waals surface area contributed by atoms with Crippen molar-refractivity contribution in [2.24, 2.45) is 0 Å². The topological polar surface area (TPSA) is 117 Å². The van der Waals surface area contributed by atoms with Gasteiger partial charge in [-0.2, -0.15) is 0 Å². The van der Waals surface area contributed by atoms with Crippen LogP contribution in [0, 0.1) is 6.92 Å². The summed E-state index contributed by atoms with van der Waals surface area (Å²) >= 11 is 0. The number of nitrogens with zero attached hydrogens (tertiary/aromatic N) is 1. The molecular formula is C32H40N2O7. The van der Waals surface area contributed by atoms with Gasteiger partial charge < -0.3 is 23.9 Å². The first kappa shape index (κ1) is 31.4. The molecule has 9 heteroatoms. The number of esters is 1. The van der Waals surface area contributed by atoms with Gasteiger partial charge in [0, 0.05) is 24.0 Å². The first-order valence-corrected chi connectivity index (χ1v) is 13.7. The fourth-order valence-corrected chi connectivity index (χ4v) is 3.86. The van der Waals surface area contributed by atoms with Crippen molar-refractivity contribution in [3.8, 4) is 17.2 Å². The van der Waals surface area contributed by atoms with Crippen LogP contribution in [0.15, 0.2) is 59.0 Å². The van der Waals surface area contributed by atoms with Gasteiger partial charge in [-0.25, -0.2) is 14.6 Å². The lowest BCUT2D eigenvalue weighted by atomic mass is 10.0. The summed E-state index contributed by atoms with van der Waals surface area (Å²) in [5, 5.41) is 2.54. The van der Waals surface area contributed by atoms with Crippen molar-refractivity contribution in [2.45, 2.75) is 85.0 Å². The highest BCUT2D eigenvalue weighted by atomic mass is 16.6. The quantitative estimate of drug-likeness (QED) is 0.208. The molecule has 2 aromatic carbocycles. The Morgan fingerprint density at radius 1 is 0.902 bits per heavy atom.